The van der Waals surface area contributed by atoms with Gasteiger partial charge >= 0.3 is 5.97 Å². The highest BCUT2D eigenvalue weighted by Crippen LogP contribution is 2.61. The van der Waals surface area contributed by atoms with E-state index >= 15 is 0 Å². The number of benzene rings is 2. The molecule has 10 nitrogen and oxygen atoms in total. The van der Waals surface area contributed by atoms with E-state index in [9.17, 15) is 24.3 Å². The largest absolute Gasteiger partial charge is 0.455 e. The summed E-state index contributed by atoms with van der Waals surface area (Å²) in [5, 5.41) is 10.5. The molecule has 0 saturated carbocycles. The zero-order valence-electron chi connectivity index (χ0n) is 29.0. The molecular weight excluding hydrogens is 702 g/mol. The van der Waals surface area contributed by atoms with E-state index in [2.05, 4.69) is 29.1 Å². The molecule has 3 aliphatic heterocycles. The summed E-state index contributed by atoms with van der Waals surface area (Å²) in [5.74, 6) is -3.53. The SMILES string of the molecule is C=CCCC(=O)N(C)[C@@H](C)[C@@H](OC(=O)[C@H]1[C@@H]2O[C@@]3(CC2Br)[C@@H]1C(=O)N([C@@H](CC)CO)[C@@H]3C(=O)N(CC=C)Cc1ccccc1)c1ccccc1. The van der Waals surface area contributed by atoms with Gasteiger partial charge in [-0.25, -0.2) is 0 Å². The maximum atomic E-state index is 14.8. The van der Waals surface area contributed by atoms with E-state index in [4.69, 9.17) is 9.47 Å². The van der Waals surface area contributed by atoms with Gasteiger partial charge in [-0.15, -0.1) is 13.2 Å². The molecule has 1 unspecified atom stereocenters. The number of rotatable bonds is 16. The molecule has 2 bridgehead atoms. The van der Waals surface area contributed by atoms with Gasteiger partial charge < -0.3 is 29.3 Å². The van der Waals surface area contributed by atoms with Gasteiger partial charge in [-0.1, -0.05) is 95.7 Å². The molecule has 0 aliphatic carbocycles. The van der Waals surface area contributed by atoms with Gasteiger partial charge in [-0.05, 0) is 37.3 Å². The summed E-state index contributed by atoms with van der Waals surface area (Å²) in [4.78, 5) is 61.3. The molecule has 3 amide bonds. The van der Waals surface area contributed by atoms with Crippen LogP contribution in [0.1, 0.15) is 56.8 Å². The topological polar surface area (TPSA) is 117 Å². The van der Waals surface area contributed by atoms with Crippen LogP contribution < -0.4 is 0 Å². The predicted molar refractivity (Wildman–Crippen MR) is 193 cm³/mol. The highest BCUT2D eigenvalue weighted by atomic mass is 79.9. The number of allylic oxidation sites excluding steroid dienone is 1. The molecule has 2 aromatic carbocycles. The number of hydrogen-bond acceptors (Lipinski definition) is 7. The van der Waals surface area contributed by atoms with Gasteiger partial charge in [-0.2, -0.15) is 0 Å². The van der Waals surface area contributed by atoms with Crippen LogP contribution in [-0.4, -0.2) is 98.4 Å². The molecule has 1 N–H and O–H groups in total. The second kappa shape index (κ2) is 16.0. The van der Waals surface area contributed by atoms with E-state index in [0.29, 0.717) is 24.8 Å². The van der Waals surface area contributed by atoms with Crippen molar-refractivity contribution in [1.82, 2.24) is 14.7 Å². The second-order valence-corrected chi connectivity index (χ2v) is 14.7. The van der Waals surface area contributed by atoms with E-state index in [1.165, 1.54) is 4.90 Å². The minimum Gasteiger partial charge on any atom is -0.455 e. The van der Waals surface area contributed by atoms with Crippen molar-refractivity contribution in [2.24, 2.45) is 11.8 Å². The highest BCUT2D eigenvalue weighted by molar-refractivity contribution is 9.09. The molecule has 3 fully saturated rings. The molecule has 3 saturated heterocycles. The van der Waals surface area contributed by atoms with Crippen molar-refractivity contribution in [3.05, 3.63) is 97.1 Å². The molecule has 2 aromatic rings. The van der Waals surface area contributed by atoms with Gasteiger partial charge in [0.1, 0.15) is 17.7 Å². The number of esters is 1. The quantitative estimate of drug-likeness (QED) is 0.149. The summed E-state index contributed by atoms with van der Waals surface area (Å²) < 4.78 is 13.1. The number of fused-ring (bicyclic) bond motifs is 1. The number of ether oxygens (including phenoxy) is 2. The van der Waals surface area contributed by atoms with Crippen LogP contribution in [0.25, 0.3) is 0 Å². The Morgan fingerprint density at radius 2 is 1.78 bits per heavy atom. The monoisotopic (exact) mass is 749 g/mol. The van der Waals surface area contributed by atoms with E-state index in [1.807, 2.05) is 74.5 Å². The average molecular weight is 751 g/mol. The summed E-state index contributed by atoms with van der Waals surface area (Å²) in [6.45, 7) is 11.4. The first-order chi connectivity index (χ1) is 24.0. The molecule has 50 heavy (non-hydrogen) atoms. The van der Waals surface area contributed by atoms with Gasteiger partial charge in [-0.3, -0.25) is 19.2 Å². The lowest BCUT2D eigenvalue weighted by molar-refractivity contribution is -0.165. The average Bonchev–Trinajstić information content (AvgIpc) is 3.73. The third kappa shape index (κ3) is 6.92. The Kier molecular flexibility index (Phi) is 12.0. The third-order valence-corrected chi connectivity index (χ3v) is 11.4. The van der Waals surface area contributed by atoms with Crippen LogP contribution in [0.15, 0.2) is 86.0 Å². The number of amides is 3. The van der Waals surface area contributed by atoms with Gasteiger partial charge in [0.05, 0.1) is 36.6 Å². The highest BCUT2D eigenvalue weighted by Gasteiger charge is 2.77. The first-order valence-corrected chi connectivity index (χ1v) is 18.3. The lowest BCUT2D eigenvalue weighted by Gasteiger charge is -2.39. The van der Waals surface area contributed by atoms with Crippen LogP contribution >= 0.6 is 15.9 Å². The van der Waals surface area contributed by atoms with Crippen molar-refractivity contribution in [3.63, 3.8) is 0 Å². The zero-order chi connectivity index (χ0) is 36.2. The lowest BCUT2D eigenvalue weighted by Crippen LogP contribution is -2.58. The maximum absolute atomic E-state index is 14.8. The van der Waals surface area contributed by atoms with E-state index in [-0.39, 0.29) is 42.8 Å². The van der Waals surface area contributed by atoms with Crippen molar-refractivity contribution < 1.29 is 33.8 Å². The molecule has 3 heterocycles. The summed E-state index contributed by atoms with van der Waals surface area (Å²) in [6.07, 6.45) is 3.25. The minimum absolute atomic E-state index is 0.116. The van der Waals surface area contributed by atoms with Crippen LogP contribution in [0.4, 0.5) is 0 Å². The smallest absolute Gasteiger partial charge is 0.313 e. The van der Waals surface area contributed by atoms with E-state index in [0.717, 1.165) is 5.56 Å². The van der Waals surface area contributed by atoms with Crippen LogP contribution in [0.5, 0.6) is 0 Å². The summed E-state index contributed by atoms with van der Waals surface area (Å²) >= 11 is 3.74. The Labute approximate surface area is 303 Å². The summed E-state index contributed by atoms with van der Waals surface area (Å²) in [6, 6.07) is 16.5. The van der Waals surface area contributed by atoms with Crippen molar-refractivity contribution in [2.45, 2.75) is 86.8 Å². The van der Waals surface area contributed by atoms with Gasteiger partial charge in [0.15, 0.2) is 0 Å². The van der Waals surface area contributed by atoms with E-state index < -0.39 is 59.6 Å². The van der Waals surface area contributed by atoms with Gasteiger partial charge in [0, 0.05) is 31.4 Å². The molecule has 3 aliphatic rings. The standard InChI is InChI=1S/C39H48BrN3O7/c1-6-9-20-30(45)41(5)25(4)33(27-18-14-11-15-19-27)49-38(48)31-32-36(46)43(28(8-3)24-44)35(39(32)22-29(40)34(31)50-39)37(47)42(21-7-2)23-26-16-12-10-13-17-26/h6-7,10-19,25,28-29,31-35,44H,1-2,8-9,20-24H2,3-5H3/t25-,28-,29?,31+,32-,33+,34+,35+,39-/m0/s1. The molecule has 0 radical (unpaired) electrons. The van der Waals surface area contributed by atoms with Crippen molar-refractivity contribution in [2.75, 3.05) is 20.2 Å². The first kappa shape index (κ1) is 37.5. The Morgan fingerprint density at radius 3 is 2.38 bits per heavy atom. The van der Waals surface area contributed by atoms with Crippen LogP contribution in [-0.2, 0) is 35.2 Å². The van der Waals surface area contributed by atoms with Crippen LogP contribution in [0, 0.1) is 11.8 Å². The number of aliphatic hydroxyl groups excluding tert-OH is 1. The fourth-order valence-electron chi connectivity index (χ4n) is 7.91. The summed E-state index contributed by atoms with van der Waals surface area (Å²) in [7, 11) is 1.68. The minimum atomic E-state index is -1.33. The fourth-order valence-corrected chi connectivity index (χ4v) is 8.85. The number of carbonyl (C=O) groups is 4. The fraction of sp³-hybridized carbons (Fsp3) is 0.487. The number of carbonyl (C=O) groups excluding carboxylic acids is 4. The van der Waals surface area contributed by atoms with Crippen LogP contribution in [0.3, 0.4) is 0 Å². The zero-order valence-corrected chi connectivity index (χ0v) is 30.6. The van der Waals surface area contributed by atoms with Gasteiger partial charge in [0.25, 0.3) is 0 Å². The number of alkyl halides is 1. The Bertz CT molecular complexity index is 1550. The Balaban J connectivity index is 1.51. The Hall–Kier alpha value is -3.80. The third-order valence-electron chi connectivity index (χ3n) is 10.6. The number of hydrogen-bond donors (Lipinski definition) is 1. The van der Waals surface area contributed by atoms with Gasteiger partial charge in [0.2, 0.25) is 17.7 Å². The number of likely N-dealkylation sites (N-methyl/N-ethyl adjacent to an activating group) is 1. The molecular formula is C39H48BrN3O7. The number of halogens is 1. The summed E-state index contributed by atoms with van der Waals surface area (Å²) in [5.41, 5.74) is 0.277. The predicted octanol–water partition coefficient (Wildman–Crippen LogP) is 4.82. The number of likely N-dealkylation sites (tertiary alicyclic amines) is 1. The van der Waals surface area contributed by atoms with Crippen LogP contribution in [0.2, 0.25) is 0 Å². The molecule has 268 valence electrons. The molecule has 11 heteroatoms. The number of aliphatic hydroxyl groups is 1. The molecule has 1 spiro atoms. The lowest BCUT2D eigenvalue weighted by atomic mass is 9.70. The number of nitrogens with zero attached hydrogens (tertiary/aromatic N) is 3. The second-order valence-electron chi connectivity index (χ2n) is 13.5. The van der Waals surface area contributed by atoms with E-state index in [1.54, 1.807) is 29.0 Å². The van der Waals surface area contributed by atoms with Crippen molar-refractivity contribution >= 4 is 39.6 Å². The Morgan fingerprint density at radius 1 is 1.12 bits per heavy atom. The normalized spacial score (nSPS) is 26.9. The molecule has 0 aromatic heterocycles. The van der Waals surface area contributed by atoms with Crippen molar-refractivity contribution in [3.8, 4) is 0 Å². The first-order valence-electron chi connectivity index (χ1n) is 17.3. The molecule has 9 atom stereocenters. The van der Waals surface area contributed by atoms with Crippen molar-refractivity contribution in [1.29, 1.82) is 0 Å². The maximum Gasteiger partial charge on any atom is 0.313 e. The molecule has 5 rings (SSSR count).